The van der Waals surface area contributed by atoms with Crippen LogP contribution < -0.4 is 5.73 Å². The van der Waals surface area contributed by atoms with Crippen molar-refractivity contribution in [3.05, 3.63) is 65.0 Å². The van der Waals surface area contributed by atoms with Gasteiger partial charge in [-0.15, -0.1) is 11.8 Å². The second-order valence-electron chi connectivity index (χ2n) is 4.66. The van der Waals surface area contributed by atoms with Gasteiger partial charge in [0.2, 0.25) is 0 Å². The molecular formula is C16H18FNS. The van der Waals surface area contributed by atoms with E-state index in [0.717, 1.165) is 10.6 Å². The van der Waals surface area contributed by atoms with E-state index in [1.165, 1.54) is 17.2 Å². The molecule has 100 valence electrons. The van der Waals surface area contributed by atoms with Crippen molar-refractivity contribution in [3.8, 4) is 0 Å². The average molecular weight is 275 g/mol. The lowest BCUT2D eigenvalue weighted by Gasteiger charge is -2.13. The molecule has 0 radical (unpaired) electrons. The summed E-state index contributed by atoms with van der Waals surface area (Å²) in [6, 6.07) is 13.1. The van der Waals surface area contributed by atoms with E-state index in [1.807, 2.05) is 25.1 Å². The van der Waals surface area contributed by atoms with Gasteiger partial charge in [0.05, 0.1) is 0 Å². The Bertz CT molecular complexity index is 566. The molecule has 2 rings (SSSR count). The number of aryl methyl sites for hydroxylation is 1. The van der Waals surface area contributed by atoms with E-state index in [0.29, 0.717) is 5.56 Å². The number of nitrogens with two attached hydrogens (primary N) is 1. The molecule has 1 unspecified atom stereocenters. The molecule has 0 heterocycles. The fourth-order valence-corrected chi connectivity index (χ4v) is 3.26. The Kier molecular flexibility index (Phi) is 4.61. The van der Waals surface area contributed by atoms with Gasteiger partial charge in [0, 0.05) is 22.3 Å². The van der Waals surface area contributed by atoms with Crippen molar-refractivity contribution >= 4 is 11.8 Å². The molecule has 0 aliphatic carbocycles. The van der Waals surface area contributed by atoms with Crippen LogP contribution in [0, 0.1) is 12.7 Å². The normalized spacial score (nSPS) is 12.4. The summed E-state index contributed by atoms with van der Waals surface area (Å²) in [5.41, 5.74) is 9.00. The lowest BCUT2D eigenvalue weighted by atomic mass is 10.1. The second-order valence-corrected chi connectivity index (χ2v) is 5.67. The van der Waals surface area contributed by atoms with Crippen LogP contribution in [0.25, 0.3) is 0 Å². The summed E-state index contributed by atoms with van der Waals surface area (Å²) >= 11 is 1.64. The predicted molar refractivity (Wildman–Crippen MR) is 79.7 cm³/mol. The van der Waals surface area contributed by atoms with Crippen molar-refractivity contribution < 1.29 is 4.39 Å². The summed E-state index contributed by atoms with van der Waals surface area (Å²) in [6.45, 7) is 3.91. The molecule has 1 atom stereocenters. The van der Waals surface area contributed by atoms with E-state index >= 15 is 0 Å². The van der Waals surface area contributed by atoms with Crippen molar-refractivity contribution in [2.24, 2.45) is 5.73 Å². The van der Waals surface area contributed by atoms with E-state index in [1.54, 1.807) is 17.8 Å². The third-order valence-corrected chi connectivity index (χ3v) is 4.24. The Morgan fingerprint density at radius 3 is 2.58 bits per heavy atom. The number of rotatable bonds is 4. The van der Waals surface area contributed by atoms with E-state index in [-0.39, 0.29) is 11.9 Å². The number of hydrogen-bond donors (Lipinski definition) is 1. The van der Waals surface area contributed by atoms with Crippen LogP contribution in [0.15, 0.2) is 47.4 Å². The second kappa shape index (κ2) is 6.22. The van der Waals surface area contributed by atoms with Crippen LogP contribution in [0.2, 0.25) is 0 Å². The Morgan fingerprint density at radius 1 is 1.16 bits per heavy atom. The zero-order chi connectivity index (χ0) is 13.8. The fourth-order valence-electron chi connectivity index (χ4n) is 2.01. The summed E-state index contributed by atoms with van der Waals surface area (Å²) in [4.78, 5) is 0.929. The van der Waals surface area contributed by atoms with E-state index in [4.69, 9.17) is 5.73 Å². The Labute approximate surface area is 118 Å². The molecule has 0 aromatic heterocycles. The average Bonchev–Trinajstić information content (AvgIpc) is 2.37. The highest BCUT2D eigenvalue weighted by Gasteiger charge is 2.13. The van der Waals surface area contributed by atoms with Crippen LogP contribution in [-0.4, -0.2) is 0 Å². The molecule has 3 heteroatoms. The minimum Gasteiger partial charge on any atom is -0.324 e. The first-order chi connectivity index (χ1) is 9.09. The highest BCUT2D eigenvalue weighted by atomic mass is 32.2. The summed E-state index contributed by atoms with van der Waals surface area (Å²) in [7, 11) is 0. The number of thioether (sulfide) groups is 1. The van der Waals surface area contributed by atoms with Gasteiger partial charge >= 0.3 is 0 Å². The zero-order valence-electron chi connectivity index (χ0n) is 11.2. The fraction of sp³-hybridized carbons (Fsp3) is 0.250. The molecule has 0 saturated carbocycles. The molecule has 2 N–H and O–H groups in total. The Hall–Kier alpha value is -1.32. The molecule has 0 fully saturated rings. The lowest BCUT2D eigenvalue weighted by molar-refractivity contribution is 0.585. The standard InChI is InChI=1S/C16H18FNS/c1-11-6-3-4-7-13(11)10-19-15-9-5-8-14(17)16(15)12(2)18/h3-9,12H,10,18H2,1-2H3. The van der Waals surface area contributed by atoms with E-state index < -0.39 is 0 Å². The monoisotopic (exact) mass is 275 g/mol. The van der Waals surface area contributed by atoms with Gasteiger partial charge in [-0.05, 0) is 37.1 Å². The van der Waals surface area contributed by atoms with Crippen LogP contribution in [0.1, 0.15) is 29.7 Å². The van der Waals surface area contributed by atoms with Gasteiger partial charge in [0.25, 0.3) is 0 Å². The van der Waals surface area contributed by atoms with Crippen LogP contribution in [-0.2, 0) is 5.75 Å². The minimum atomic E-state index is -0.291. The number of hydrogen-bond acceptors (Lipinski definition) is 2. The van der Waals surface area contributed by atoms with Gasteiger partial charge in [-0.3, -0.25) is 0 Å². The van der Waals surface area contributed by atoms with Crippen molar-refractivity contribution in [2.75, 3.05) is 0 Å². The topological polar surface area (TPSA) is 26.0 Å². The first kappa shape index (κ1) is 14.1. The molecule has 0 bridgehead atoms. The minimum absolute atomic E-state index is 0.218. The smallest absolute Gasteiger partial charge is 0.129 e. The van der Waals surface area contributed by atoms with Gasteiger partial charge in [0.15, 0.2) is 0 Å². The maximum atomic E-state index is 13.8. The third-order valence-electron chi connectivity index (χ3n) is 3.11. The van der Waals surface area contributed by atoms with Crippen molar-refractivity contribution in [3.63, 3.8) is 0 Å². The quantitative estimate of drug-likeness (QED) is 0.834. The maximum absolute atomic E-state index is 13.8. The highest BCUT2D eigenvalue weighted by Crippen LogP contribution is 2.31. The molecule has 19 heavy (non-hydrogen) atoms. The van der Waals surface area contributed by atoms with E-state index in [2.05, 4.69) is 19.1 Å². The molecule has 0 spiro atoms. The zero-order valence-corrected chi connectivity index (χ0v) is 12.0. The van der Waals surface area contributed by atoms with Gasteiger partial charge in [-0.2, -0.15) is 0 Å². The molecule has 0 amide bonds. The maximum Gasteiger partial charge on any atom is 0.129 e. The van der Waals surface area contributed by atoms with Crippen molar-refractivity contribution in [1.82, 2.24) is 0 Å². The third kappa shape index (κ3) is 3.37. The van der Waals surface area contributed by atoms with Gasteiger partial charge < -0.3 is 5.73 Å². The summed E-state index contributed by atoms with van der Waals surface area (Å²) in [6.07, 6.45) is 0. The summed E-state index contributed by atoms with van der Waals surface area (Å²) in [5.74, 6) is 0.611. The summed E-state index contributed by atoms with van der Waals surface area (Å²) < 4.78 is 13.8. The van der Waals surface area contributed by atoms with Crippen LogP contribution in [0.5, 0.6) is 0 Å². The van der Waals surface area contributed by atoms with Crippen LogP contribution in [0.3, 0.4) is 0 Å². The van der Waals surface area contributed by atoms with Crippen LogP contribution in [0.4, 0.5) is 4.39 Å². The highest BCUT2D eigenvalue weighted by molar-refractivity contribution is 7.98. The van der Waals surface area contributed by atoms with Crippen molar-refractivity contribution in [2.45, 2.75) is 30.5 Å². The lowest BCUT2D eigenvalue weighted by Crippen LogP contribution is -2.09. The van der Waals surface area contributed by atoms with Gasteiger partial charge in [0.1, 0.15) is 5.82 Å². The molecule has 2 aromatic carbocycles. The van der Waals surface area contributed by atoms with Crippen molar-refractivity contribution in [1.29, 1.82) is 0 Å². The number of halogens is 1. The Balaban J connectivity index is 2.21. The van der Waals surface area contributed by atoms with Gasteiger partial charge in [-0.25, -0.2) is 4.39 Å². The molecule has 1 nitrogen and oxygen atoms in total. The summed E-state index contributed by atoms with van der Waals surface area (Å²) in [5, 5.41) is 0. The predicted octanol–water partition coefficient (Wildman–Crippen LogP) is 4.45. The molecular weight excluding hydrogens is 257 g/mol. The van der Waals surface area contributed by atoms with Gasteiger partial charge in [-0.1, -0.05) is 30.3 Å². The first-order valence-corrected chi connectivity index (χ1v) is 7.29. The molecule has 2 aromatic rings. The molecule has 0 saturated heterocycles. The van der Waals surface area contributed by atoms with E-state index in [9.17, 15) is 4.39 Å². The largest absolute Gasteiger partial charge is 0.324 e. The number of benzene rings is 2. The molecule has 0 aliphatic rings. The molecule has 0 aliphatic heterocycles. The SMILES string of the molecule is Cc1ccccc1CSc1cccc(F)c1C(C)N. The van der Waals surface area contributed by atoms with Crippen LogP contribution >= 0.6 is 11.8 Å². The first-order valence-electron chi connectivity index (χ1n) is 6.31. The Morgan fingerprint density at radius 2 is 1.89 bits per heavy atom.